The number of hydrogen-bond acceptors (Lipinski definition) is 2. The van der Waals surface area contributed by atoms with Crippen LogP contribution in [0.2, 0.25) is 5.02 Å². The SMILES string of the molecule is Cc1cc(Br)c(N2CCCNC(CC(C)C)C2)cc1Cl. The fourth-order valence-electron chi connectivity index (χ4n) is 2.82. The van der Waals surface area contributed by atoms with Crippen molar-refractivity contribution in [2.24, 2.45) is 5.92 Å². The van der Waals surface area contributed by atoms with Crippen LogP contribution in [0.5, 0.6) is 0 Å². The third kappa shape index (κ3) is 4.12. The summed E-state index contributed by atoms with van der Waals surface area (Å²) in [4.78, 5) is 2.46. The molecular formula is C16H24BrClN2. The molecule has 1 aromatic rings. The molecule has 1 saturated heterocycles. The second-order valence-corrected chi connectivity index (χ2v) is 7.39. The van der Waals surface area contributed by atoms with Gasteiger partial charge in [0, 0.05) is 28.6 Å². The normalized spacial score (nSPS) is 20.3. The number of nitrogens with zero attached hydrogens (tertiary/aromatic N) is 1. The van der Waals surface area contributed by atoms with Crippen LogP contribution >= 0.6 is 27.5 Å². The molecule has 0 spiro atoms. The van der Waals surface area contributed by atoms with Gasteiger partial charge in [0.05, 0.1) is 5.69 Å². The molecule has 1 atom stereocenters. The molecule has 2 rings (SSSR count). The lowest BCUT2D eigenvalue weighted by Gasteiger charge is -2.28. The van der Waals surface area contributed by atoms with Crippen LogP contribution in [-0.2, 0) is 0 Å². The summed E-state index contributed by atoms with van der Waals surface area (Å²) in [6.07, 6.45) is 2.39. The number of anilines is 1. The molecule has 0 amide bonds. The highest BCUT2D eigenvalue weighted by atomic mass is 79.9. The zero-order chi connectivity index (χ0) is 14.7. The molecule has 1 aromatic carbocycles. The number of rotatable bonds is 3. The van der Waals surface area contributed by atoms with Crippen LogP contribution in [0, 0.1) is 12.8 Å². The van der Waals surface area contributed by atoms with Gasteiger partial charge in [-0.3, -0.25) is 0 Å². The zero-order valence-corrected chi connectivity index (χ0v) is 14.9. The van der Waals surface area contributed by atoms with Crippen LogP contribution in [0.3, 0.4) is 0 Å². The minimum absolute atomic E-state index is 0.560. The summed E-state index contributed by atoms with van der Waals surface area (Å²) in [6.45, 7) is 9.86. The van der Waals surface area contributed by atoms with Gasteiger partial charge in [-0.1, -0.05) is 25.4 Å². The van der Waals surface area contributed by atoms with Gasteiger partial charge in [-0.25, -0.2) is 0 Å². The van der Waals surface area contributed by atoms with Crippen LogP contribution in [0.25, 0.3) is 0 Å². The molecule has 1 aliphatic heterocycles. The summed E-state index contributed by atoms with van der Waals surface area (Å²) < 4.78 is 1.14. The fraction of sp³-hybridized carbons (Fsp3) is 0.625. The van der Waals surface area contributed by atoms with E-state index in [4.69, 9.17) is 11.6 Å². The molecule has 0 aliphatic carbocycles. The topological polar surface area (TPSA) is 15.3 Å². The molecular weight excluding hydrogens is 336 g/mol. The van der Waals surface area contributed by atoms with Gasteiger partial charge < -0.3 is 10.2 Å². The molecule has 0 aromatic heterocycles. The highest BCUT2D eigenvalue weighted by Crippen LogP contribution is 2.32. The number of nitrogens with one attached hydrogen (secondary N) is 1. The lowest BCUT2D eigenvalue weighted by atomic mass is 10.0. The molecule has 112 valence electrons. The Morgan fingerprint density at radius 1 is 1.45 bits per heavy atom. The van der Waals surface area contributed by atoms with E-state index in [1.807, 2.05) is 6.92 Å². The van der Waals surface area contributed by atoms with Crippen molar-refractivity contribution in [3.05, 3.63) is 27.2 Å². The van der Waals surface area contributed by atoms with Gasteiger partial charge in [0.2, 0.25) is 0 Å². The van der Waals surface area contributed by atoms with Crippen molar-refractivity contribution >= 4 is 33.2 Å². The molecule has 1 aliphatic rings. The molecule has 1 N–H and O–H groups in total. The van der Waals surface area contributed by atoms with Gasteiger partial charge >= 0.3 is 0 Å². The lowest BCUT2D eigenvalue weighted by molar-refractivity contribution is 0.436. The Morgan fingerprint density at radius 3 is 2.90 bits per heavy atom. The average molecular weight is 360 g/mol. The first-order valence-electron chi connectivity index (χ1n) is 7.41. The molecule has 0 bridgehead atoms. The van der Waals surface area contributed by atoms with E-state index < -0.39 is 0 Å². The van der Waals surface area contributed by atoms with E-state index in [-0.39, 0.29) is 0 Å². The van der Waals surface area contributed by atoms with E-state index in [9.17, 15) is 0 Å². The number of aryl methyl sites for hydroxylation is 1. The Hall–Kier alpha value is -0.250. The van der Waals surface area contributed by atoms with E-state index in [1.165, 1.54) is 18.5 Å². The van der Waals surface area contributed by atoms with Crippen molar-refractivity contribution in [3.63, 3.8) is 0 Å². The monoisotopic (exact) mass is 358 g/mol. The maximum Gasteiger partial charge on any atom is 0.0526 e. The number of benzene rings is 1. The van der Waals surface area contributed by atoms with Crippen molar-refractivity contribution in [1.82, 2.24) is 5.32 Å². The summed E-state index contributed by atoms with van der Waals surface area (Å²) in [5.41, 5.74) is 2.34. The van der Waals surface area contributed by atoms with Crippen molar-refractivity contribution in [2.75, 3.05) is 24.5 Å². The Balaban J connectivity index is 2.19. The average Bonchev–Trinajstić information content (AvgIpc) is 2.58. The predicted molar refractivity (Wildman–Crippen MR) is 92.0 cm³/mol. The van der Waals surface area contributed by atoms with E-state index in [2.05, 4.69) is 52.1 Å². The van der Waals surface area contributed by atoms with Crippen molar-refractivity contribution in [1.29, 1.82) is 0 Å². The Kier molecular flexibility index (Phi) is 5.76. The van der Waals surface area contributed by atoms with Gasteiger partial charge in [-0.05, 0) is 65.9 Å². The molecule has 20 heavy (non-hydrogen) atoms. The Bertz CT molecular complexity index is 462. The van der Waals surface area contributed by atoms with Crippen LogP contribution < -0.4 is 10.2 Å². The summed E-state index contributed by atoms with van der Waals surface area (Å²) in [6, 6.07) is 4.77. The lowest BCUT2D eigenvalue weighted by Crippen LogP contribution is -2.38. The van der Waals surface area contributed by atoms with Crippen molar-refractivity contribution in [2.45, 2.75) is 39.7 Å². The third-order valence-corrected chi connectivity index (χ3v) is 4.85. The van der Waals surface area contributed by atoms with Gasteiger partial charge in [0.1, 0.15) is 0 Å². The van der Waals surface area contributed by atoms with Crippen LogP contribution in [0.1, 0.15) is 32.3 Å². The standard InChI is InChI=1S/C16H24BrClN2/c1-11(2)7-13-10-20(6-4-5-19-13)16-9-15(18)12(3)8-14(16)17/h8-9,11,13,19H,4-7,10H2,1-3H3. The van der Waals surface area contributed by atoms with Gasteiger partial charge in [-0.2, -0.15) is 0 Å². The number of halogens is 2. The van der Waals surface area contributed by atoms with Crippen molar-refractivity contribution in [3.8, 4) is 0 Å². The summed E-state index contributed by atoms with van der Waals surface area (Å²) in [7, 11) is 0. The van der Waals surface area contributed by atoms with Gasteiger partial charge in [0.15, 0.2) is 0 Å². The second kappa shape index (κ2) is 7.15. The first kappa shape index (κ1) is 16.1. The predicted octanol–water partition coefficient (Wildman–Crippen LogP) is 4.63. The summed E-state index contributed by atoms with van der Waals surface area (Å²) >= 11 is 10.00. The van der Waals surface area contributed by atoms with Gasteiger partial charge in [0.25, 0.3) is 0 Å². The molecule has 1 heterocycles. The third-order valence-electron chi connectivity index (χ3n) is 3.80. The number of hydrogen-bond donors (Lipinski definition) is 1. The quantitative estimate of drug-likeness (QED) is 0.846. The Morgan fingerprint density at radius 2 is 2.20 bits per heavy atom. The molecule has 0 radical (unpaired) electrons. The van der Waals surface area contributed by atoms with Crippen LogP contribution in [0.15, 0.2) is 16.6 Å². The largest absolute Gasteiger partial charge is 0.369 e. The summed E-state index contributed by atoms with van der Waals surface area (Å²) in [5.74, 6) is 0.720. The first-order chi connectivity index (χ1) is 9.47. The van der Waals surface area contributed by atoms with E-state index >= 15 is 0 Å². The van der Waals surface area contributed by atoms with Crippen LogP contribution in [0.4, 0.5) is 5.69 Å². The second-order valence-electron chi connectivity index (χ2n) is 6.13. The molecule has 2 nitrogen and oxygen atoms in total. The maximum absolute atomic E-state index is 6.30. The Labute approximate surface area is 136 Å². The minimum atomic E-state index is 0.560. The zero-order valence-electron chi connectivity index (χ0n) is 12.5. The molecule has 0 saturated carbocycles. The maximum atomic E-state index is 6.30. The molecule has 4 heteroatoms. The highest BCUT2D eigenvalue weighted by Gasteiger charge is 2.20. The van der Waals surface area contributed by atoms with E-state index in [1.54, 1.807) is 0 Å². The molecule has 1 fully saturated rings. The van der Waals surface area contributed by atoms with Crippen LogP contribution in [-0.4, -0.2) is 25.7 Å². The highest BCUT2D eigenvalue weighted by molar-refractivity contribution is 9.10. The molecule has 1 unspecified atom stereocenters. The summed E-state index contributed by atoms with van der Waals surface area (Å²) in [5, 5.41) is 4.52. The van der Waals surface area contributed by atoms with E-state index in [0.717, 1.165) is 40.6 Å². The van der Waals surface area contributed by atoms with Gasteiger partial charge in [-0.15, -0.1) is 0 Å². The van der Waals surface area contributed by atoms with E-state index in [0.29, 0.717) is 6.04 Å². The minimum Gasteiger partial charge on any atom is -0.369 e. The smallest absolute Gasteiger partial charge is 0.0526 e. The fourth-order valence-corrected chi connectivity index (χ4v) is 3.69. The first-order valence-corrected chi connectivity index (χ1v) is 8.58. The van der Waals surface area contributed by atoms with Crippen molar-refractivity contribution < 1.29 is 0 Å².